The Hall–Kier alpha value is -2.95. The van der Waals surface area contributed by atoms with Crippen molar-refractivity contribution in [1.82, 2.24) is 0 Å². The Labute approximate surface area is 159 Å². The second-order valence-electron chi connectivity index (χ2n) is 6.80. The maximum Gasteiger partial charge on any atom is 0.228 e. The standard InChI is InChI=1S/C22H24N2O3/c1-16(25)18-9-11-20(12-10-18)23(17(2)26)15-13-22(27)24-14-5-7-19-6-3-4-8-21(19)24/h3-4,6,8-12H,5,7,13-15H2,1-2H3. The molecule has 0 saturated carbocycles. The maximum absolute atomic E-state index is 12.8. The molecule has 0 N–H and O–H groups in total. The van der Waals surface area contributed by atoms with Crippen LogP contribution in [0, 0.1) is 0 Å². The number of fused-ring (bicyclic) bond motifs is 1. The zero-order valence-electron chi connectivity index (χ0n) is 15.8. The number of hydrogen-bond acceptors (Lipinski definition) is 3. The van der Waals surface area contributed by atoms with Gasteiger partial charge < -0.3 is 9.80 Å². The Morgan fingerprint density at radius 2 is 1.70 bits per heavy atom. The molecule has 2 aromatic carbocycles. The van der Waals surface area contributed by atoms with Crippen LogP contribution in [0.3, 0.4) is 0 Å². The van der Waals surface area contributed by atoms with Gasteiger partial charge in [0, 0.05) is 43.4 Å². The van der Waals surface area contributed by atoms with Crippen molar-refractivity contribution in [3.63, 3.8) is 0 Å². The summed E-state index contributed by atoms with van der Waals surface area (Å²) in [5.74, 6) is -0.124. The van der Waals surface area contributed by atoms with Gasteiger partial charge in [0.2, 0.25) is 11.8 Å². The largest absolute Gasteiger partial charge is 0.312 e. The molecule has 5 heteroatoms. The fourth-order valence-corrected chi connectivity index (χ4v) is 3.48. The Kier molecular flexibility index (Phi) is 5.69. The molecular formula is C22H24N2O3. The number of carbonyl (C=O) groups is 3. The van der Waals surface area contributed by atoms with Crippen LogP contribution in [0.4, 0.5) is 11.4 Å². The van der Waals surface area contributed by atoms with Gasteiger partial charge in [-0.1, -0.05) is 18.2 Å². The fraction of sp³-hybridized carbons (Fsp3) is 0.318. The molecule has 0 radical (unpaired) electrons. The van der Waals surface area contributed by atoms with Crippen molar-refractivity contribution in [3.05, 3.63) is 59.7 Å². The molecule has 1 aliphatic heterocycles. The molecule has 0 spiro atoms. The predicted molar refractivity (Wildman–Crippen MR) is 106 cm³/mol. The summed E-state index contributed by atoms with van der Waals surface area (Å²) in [5, 5.41) is 0. The minimum absolute atomic E-state index is 0.0186. The molecule has 140 valence electrons. The zero-order valence-corrected chi connectivity index (χ0v) is 15.8. The van der Waals surface area contributed by atoms with Crippen molar-refractivity contribution in [2.75, 3.05) is 22.9 Å². The van der Waals surface area contributed by atoms with E-state index in [1.165, 1.54) is 19.4 Å². The number of hydrogen-bond donors (Lipinski definition) is 0. The van der Waals surface area contributed by atoms with Crippen LogP contribution < -0.4 is 9.80 Å². The van der Waals surface area contributed by atoms with Crippen LogP contribution in [-0.4, -0.2) is 30.7 Å². The summed E-state index contributed by atoms with van der Waals surface area (Å²) in [7, 11) is 0. The van der Waals surface area contributed by atoms with Gasteiger partial charge in [-0.15, -0.1) is 0 Å². The van der Waals surface area contributed by atoms with E-state index >= 15 is 0 Å². The molecule has 1 aliphatic rings. The first-order chi connectivity index (χ1) is 13.0. The highest BCUT2D eigenvalue weighted by molar-refractivity contribution is 5.98. The Morgan fingerprint density at radius 1 is 1.00 bits per heavy atom. The van der Waals surface area contributed by atoms with Crippen LogP contribution in [0.5, 0.6) is 0 Å². The molecule has 5 nitrogen and oxygen atoms in total. The molecule has 27 heavy (non-hydrogen) atoms. The third-order valence-electron chi connectivity index (χ3n) is 4.93. The minimum Gasteiger partial charge on any atom is -0.312 e. The lowest BCUT2D eigenvalue weighted by atomic mass is 10.0. The van der Waals surface area contributed by atoms with Gasteiger partial charge in [-0.2, -0.15) is 0 Å². The molecule has 2 amide bonds. The van der Waals surface area contributed by atoms with Crippen LogP contribution >= 0.6 is 0 Å². The van der Waals surface area contributed by atoms with E-state index in [1.807, 2.05) is 23.1 Å². The molecule has 1 heterocycles. The second kappa shape index (κ2) is 8.16. The summed E-state index contributed by atoms with van der Waals surface area (Å²) in [6.45, 7) is 4.02. The molecule has 0 atom stereocenters. The van der Waals surface area contributed by atoms with Gasteiger partial charge in [-0.25, -0.2) is 0 Å². The smallest absolute Gasteiger partial charge is 0.228 e. The number of benzene rings is 2. The highest BCUT2D eigenvalue weighted by Gasteiger charge is 2.23. The number of para-hydroxylation sites is 1. The third kappa shape index (κ3) is 4.25. The number of nitrogens with zero attached hydrogens (tertiary/aromatic N) is 2. The average Bonchev–Trinajstić information content (AvgIpc) is 2.67. The van der Waals surface area contributed by atoms with E-state index in [-0.39, 0.29) is 24.0 Å². The number of aryl methyl sites for hydroxylation is 1. The van der Waals surface area contributed by atoms with Crippen LogP contribution in [0.15, 0.2) is 48.5 Å². The lowest BCUT2D eigenvalue weighted by molar-refractivity contribution is -0.118. The molecule has 0 aromatic heterocycles. The summed E-state index contributed by atoms with van der Waals surface area (Å²) in [5.41, 5.74) is 3.47. The van der Waals surface area contributed by atoms with Gasteiger partial charge in [-0.3, -0.25) is 14.4 Å². The summed E-state index contributed by atoms with van der Waals surface area (Å²) in [6, 6.07) is 14.9. The monoisotopic (exact) mass is 364 g/mol. The second-order valence-corrected chi connectivity index (χ2v) is 6.80. The molecule has 0 fully saturated rings. The molecule has 0 bridgehead atoms. The number of amides is 2. The Morgan fingerprint density at radius 3 is 2.37 bits per heavy atom. The van der Waals surface area contributed by atoms with Crippen molar-refractivity contribution in [2.45, 2.75) is 33.1 Å². The first-order valence-corrected chi connectivity index (χ1v) is 9.25. The third-order valence-corrected chi connectivity index (χ3v) is 4.93. The molecule has 0 aliphatic carbocycles. The molecule has 0 saturated heterocycles. The first-order valence-electron chi connectivity index (χ1n) is 9.25. The van der Waals surface area contributed by atoms with Gasteiger partial charge in [0.05, 0.1) is 0 Å². The summed E-state index contributed by atoms with van der Waals surface area (Å²) >= 11 is 0. The predicted octanol–water partition coefficient (Wildman–Crippen LogP) is 3.61. The SMILES string of the molecule is CC(=O)c1ccc(N(CCC(=O)N2CCCc3ccccc32)C(C)=O)cc1. The number of ketones is 1. The Balaban J connectivity index is 1.71. The number of carbonyl (C=O) groups excluding carboxylic acids is 3. The fourth-order valence-electron chi connectivity index (χ4n) is 3.48. The van der Waals surface area contributed by atoms with Gasteiger partial charge in [0.15, 0.2) is 5.78 Å². The van der Waals surface area contributed by atoms with E-state index in [4.69, 9.17) is 0 Å². The lowest BCUT2D eigenvalue weighted by Crippen LogP contribution is -2.38. The molecule has 3 rings (SSSR count). The van der Waals surface area contributed by atoms with E-state index in [2.05, 4.69) is 6.07 Å². The van der Waals surface area contributed by atoms with Crippen molar-refractivity contribution in [2.24, 2.45) is 0 Å². The topological polar surface area (TPSA) is 57.7 Å². The highest BCUT2D eigenvalue weighted by atomic mass is 16.2. The van der Waals surface area contributed by atoms with E-state index in [0.717, 1.165) is 18.5 Å². The summed E-state index contributed by atoms with van der Waals surface area (Å²) < 4.78 is 0. The van der Waals surface area contributed by atoms with Crippen molar-refractivity contribution in [3.8, 4) is 0 Å². The Bertz CT molecular complexity index is 858. The van der Waals surface area contributed by atoms with Crippen LogP contribution in [0.1, 0.15) is 42.6 Å². The number of rotatable bonds is 5. The quantitative estimate of drug-likeness (QED) is 0.762. The summed E-state index contributed by atoms with van der Waals surface area (Å²) in [6.07, 6.45) is 2.19. The van der Waals surface area contributed by atoms with Crippen molar-refractivity contribution >= 4 is 29.0 Å². The number of Topliss-reactive ketones (excluding diaryl/α,β-unsaturated/α-hetero) is 1. The van der Waals surface area contributed by atoms with Crippen LogP contribution in [-0.2, 0) is 16.0 Å². The zero-order chi connectivity index (χ0) is 19.4. The van der Waals surface area contributed by atoms with Crippen molar-refractivity contribution in [1.29, 1.82) is 0 Å². The number of anilines is 2. The van der Waals surface area contributed by atoms with Crippen LogP contribution in [0.25, 0.3) is 0 Å². The summed E-state index contributed by atoms with van der Waals surface area (Å²) in [4.78, 5) is 39.7. The van der Waals surface area contributed by atoms with E-state index < -0.39 is 0 Å². The highest BCUT2D eigenvalue weighted by Crippen LogP contribution is 2.27. The van der Waals surface area contributed by atoms with Gasteiger partial charge in [-0.05, 0) is 55.7 Å². The van der Waals surface area contributed by atoms with E-state index in [1.54, 1.807) is 29.2 Å². The first kappa shape index (κ1) is 18.8. The van der Waals surface area contributed by atoms with E-state index in [0.29, 0.717) is 24.3 Å². The van der Waals surface area contributed by atoms with Gasteiger partial charge in [0.1, 0.15) is 0 Å². The normalized spacial score (nSPS) is 13.0. The maximum atomic E-state index is 12.8. The van der Waals surface area contributed by atoms with Gasteiger partial charge in [0.25, 0.3) is 0 Å². The molecule has 2 aromatic rings. The van der Waals surface area contributed by atoms with Crippen LogP contribution in [0.2, 0.25) is 0 Å². The van der Waals surface area contributed by atoms with Crippen molar-refractivity contribution < 1.29 is 14.4 Å². The molecular weight excluding hydrogens is 340 g/mol. The van der Waals surface area contributed by atoms with E-state index in [9.17, 15) is 14.4 Å². The lowest BCUT2D eigenvalue weighted by Gasteiger charge is -2.30. The molecule has 0 unspecified atom stereocenters. The minimum atomic E-state index is -0.127. The van der Waals surface area contributed by atoms with Gasteiger partial charge >= 0.3 is 0 Å². The average molecular weight is 364 g/mol.